The Hall–Kier alpha value is -9.18. The lowest BCUT2D eigenvalue weighted by atomic mass is 9.94. The lowest BCUT2D eigenvalue weighted by Crippen LogP contribution is -2.11. The van der Waals surface area contributed by atoms with Gasteiger partial charge in [-0.3, -0.25) is 0 Å². The van der Waals surface area contributed by atoms with Crippen molar-refractivity contribution in [2.75, 3.05) is 4.90 Å². The van der Waals surface area contributed by atoms with Gasteiger partial charge in [-0.15, -0.1) is 0 Å². The van der Waals surface area contributed by atoms with E-state index in [1.165, 1.54) is 60.1 Å². The van der Waals surface area contributed by atoms with Crippen LogP contribution in [0.3, 0.4) is 0 Å². The largest absolute Gasteiger partial charge is 0.455 e. The van der Waals surface area contributed by atoms with Gasteiger partial charge in [0.1, 0.15) is 11.2 Å². The van der Waals surface area contributed by atoms with E-state index in [1.54, 1.807) is 0 Å². The van der Waals surface area contributed by atoms with Gasteiger partial charge in [0, 0.05) is 49.6 Å². The molecule has 0 saturated carbocycles. The molecule has 3 heteroatoms. The van der Waals surface area contributed by atoms with Gasteiger partial charge in [-0.2, -0.15) is 0 Å². The number of para-hydroxylation sites is 5. The van der Waals surface area contributed by atoms with Crippen LogP contribution in [0, 0.1) is 0 Å². The van der Waals surface area contributed by atoms with Crippen LogP contribution in [0.1, 0.15) is 18.4 Å². The van der Waals surface area contributed by atoms with Crippen molar-refractivity contribution in [2.45, 2.75) is 12.8 Å². The average molecular weight is 907 g/mol. The fraction of sp³-hybridized carbons (Fsp3) is 0.0294. The number of aromatic nitrogens is 1. The van der Waals surface area contributed by atoms with E-state index in [0.717, 1.165) is 85.3 Å². The van der Waals surface area contributed by atoms with Gasteiger partial charge in [0.05, 0.1) is 22.4 Å². The molecule has 0 spiro atoms. The van der Waals surface area contributed by atoms with Crippen LogP contribution in [0.15, 0.2) is 259 Å². The fourth-order valence-corrected chi connectivity index (χ4v) is 11.2. The number of fused-ring (bicyclic) bond motifs is 9. The number of rotatable bonds is 8. The first kappa shape index (κ1) is 40.8. The second kappa shape index (κ2) is 16.8. The van der Waals surface area contributed by atoms with Crippen LogP contribution >= 0.6 is 0 Å². The monoisotopic (exact) mass is 906 g/mol. The molecule has 2 aromatic heterocycles. The second-order valence-corrected chi connectivity index (χ2v) is 18.7. The number of anilines is 3. The van der Waals surface area contributed by atoms with Crippen molar-refractivity contribution in [1.29, 1.82) is 0 Å². The average Bonchev–Trinajstić information content (AvgIpc) is 4.00. The van der Waals surface area contributed by atoms with Crippen LogP contribution in [-0.2, 0) is 0 Å². The summed E-state index contributed by atoms with van der Waals surface area (Å²) in [5.41, 5.74) is 17.8. The van der Waals surface area contributed by atoms with Crippen molar-refractivity contribution in [3.63, 3.8) is 0 Å². The van der Waals surface area contributed by atoms with Crippen molar-refractivity contribution < 1.29 is 4.42 Å². The lowest BCUT2D eigenvalue weighted by molar-refractivity contribution is 0.670. The van der Waals surface area contributed by atoms with Crippen LogP contribution < -0.4 is 4.90 Å². The summed E-state index contributed by atoms with van der Waals surface area (Å²) < 4.78 is 9.07. The van der Waals surface area contributed by atoms with Gasteiger partial charge in [-0.1, -0.05) is 194 Å². The molecule has 334 valence electrons. The molecule has 11 aromatic carbocycles. The first-order chi connectivity index (χ1) is 35.2. The molecule has 71 heavy (non-hydrogen) atoms. The molecule has 2 heterocycles. The molecule has 1 aliphatic rings. The predicted molar refractivity (Wildman–Crippen MR) is 300 cm³/mol. The lowest BCUT2D eigenvalue weighted by Gasteiger charge is -2.28. The molecule has 0 radical (unpaired) electrons. The third kappa shape index (κ3) is 6.89. The van der Waals surface area contributed by atoms with E-state index in [0.29, 0.717) is 0 Å². The van der Waals surface area contributed by atoms with E-state index in [9.17, 15) is 0 Å². The van der Waals surface area contributed by atoms with E-state index in [-0.39, 0.29) is 0 Å². The number of furan rings is 1. The zero-order valence-corrected chi connectivity index (χ0v) is 39.0. The highest BCUT2D eigenvalue weighted by Crippen LogP contribution is 2.45. The van der Waals surface area contributed by atoms with Gasteiger partial charge in [-0.05, 0) is 123 Å². The first-order valence-electron chi connectivity index (χ1n) is 24.6. The second-order valence-electron chi connectivity index (χ2n) is 18.7. The zero-order chi connectivity index (χ0) is 46.8. The third-order valence-corrected chi connectivity index (χ3v) is 14.6. The molecule has 3 nitrogen and oxygen atoms in total. The molecule has 0 atom stereocenters. The number of benzene rings is 11. The Bertz CT molecular complexity index is 4240. The van der Waals surface area contributed by atoms with Gasteiger partial charge in [0.25, 0.3) is 0 Å². The summed E-state index contributed by atoms with van der Waals surface area (Å²) in [6, 6.07) is 86.4. The van der Waals surface area contributed by atoms with Crippen LogP contribution in [-0.4, -0.2) is 4.57 Å². The normalized spacial score (nSPS) is 12.7. The summed E-state index contributed by atoms with van der Waals surface area (Å²) in [6.45, 7) is 0. The Morgan fingerprint density at radius 3 is 1.86 bits per heavy atom. The molecular formula is C68H46N2O. The molecule has 0 aliphatic heterocycles. The maximum atomic E-state index is 6.61. The molecule has 14 rings (SSSR count). The van der Waals surface area contributed by atoms with Crippen LogP contribution in [0.2, 0.25) is 0 Å². The molecule has 0 bridgehead atoms. The SMILES string of the molecule is C1=CC(c2ccc(-c3ccc(N(c4cccc(-c5cccc6c5oc5ccccc56)c4)c4ccccc4-c4ccc5c(ccc6ccccc65)c4)cc3)c(-n3c4ccccc4c4ccccc43)c2)=CCC1. The number of nitrogens with zero attached hydrogens (tertiary/aromatic N) is 2. The van der Waals surface area contributed by atoms with E-state index in [1.807, 2.05) is 6.07 Å². The molecule has 13 aromatic rings. The van der Waals surface area contributed by atoms with E-state index in [2.05, 4.69) is 258 Å². The Morgan fingerprint density at radius 2 is 1.03 bits per heavy atom. The topological polar surface area (TPSA) is 21.3 Å². The Kier molecular flexibility index (Phi) is 9.67. The predicted octanol–water partition coefficient (Wildman–Crippen LogP) is 19.2. The van der Waals surface area contributed by atoms with Crippen molar-refractivity contribution in [2.24, 2.45) is 0 Å². The summed E-state index contributed by atoms with van der Waals surface area (Å²) in [5.74, 6) is 0. The molecule has 0 N–H and O–H groups in total. The van der Waals surface area contributed by atoms with Crippen molar-refractivity contribution >= 4 is 87.9 Å². The number of hydrogen-bond donors (Lipinski definition) is 0. The molecule has 0 amide bonds. The third-order valence-electron chi connectivity index (χ3n) is 14.6. The Labute approximate surface area is 412 Å². The maximum Gasteiger partial charge on any atom is 0.143 e. The van der Waals surface area contributed by atoms with Crippen molar-refractivity contribution in [1.82, 2.24) is 4.57 Å². The summed E-state index contributed by atoms with van der Waals surface area (Å²) in [7, 11) is 0. The van der Waals surface area contributed by atoms with Crippen LogP contribution in [0.4, 0.5) is 17.1 Å². The van der Waals surface area contributed by atoms with E-state index in [4.69, 9.17) is 4.42 Å². The van der Waals surface area contributed by atoms with E-state index >= 15 is 0 Å². The quantitative estimate of drug-likeness (QED) is 0.142. The zero-order valence-electron chi connectivity index (χ0n) is 39.0. The molecule has 1 aliphatic carbocycles. The summed E-state index contributed by atoms with van der Waals surface area (Å²) in [5, 5.41) is 9.72. The summed E-state index contributed by atoms with van der Waals surface area (Å²) in [6.07, 6.45) is 9.08. The standard InChI is InChI=1S/C68H46N2O/c1-2-16-45(17-3-1)48-36-41-57(66(44-48)70-64-29-11-7-23-59(64)60-24-8-12-30-65(60)70)47-34-38-52(39-35-47)69(53-20-14-19-49(43-53)58-26-15-27-62-61-25-9-13-31-67(61)71-68(58)62)63-28-10-6-22-56(63)51-37-40-55-50(42-51)33-32-46-18-4-5-21-54(46)55/h2,4-44H,1,3H2. The number of hydrogen-bond acceptors (Lipinski definition) is 2. The minimum absolute atomic E-state index is 0.893. The highest BCUT2D eigenvalue weighted by Gasteiger charge is 2.22. The number of allylic oxidation sites excluding steroid dienone is 4. The van der Waals surface area contributed by atoms with Crippen molar-refractivity contribution in [3.8, 4) is 39.1 Å². The first-order valence-corrected chi connectivity index (χ1v) is 24.6. The van der Waals surface area contributed by atoms with Crippen molar-refractivity contribution in [3.05, 3.63) is 260 Å². The van der Waals surface area contributed by atoms with Gasteiger partial charge in [0.2, 0.25) is 0 Å². The molecule has 0 saturated heterocycles. The molecule has 0 unspecified atom stereocenters. The van der Waals surface area contributed by atoms with Crippen LogP contribution in [0.25, 0.3) is 110 Å². The Balaban J connectivity index is 0.947. The van der Waals surface area contributed by atoms with Gasteiger partial charge >= 0.3 is 0 Å². The smallest absolute Gasteiger partial charge is 0.143 e. The van der Waals surface area contributed by atoms with E-state index < -0.39 is 0 Å². The Morgan fingerprint density at radius 1 is 0.380 bits per heavy atom. The van der Waals surface area contributed by atoms with Crippen LogP contribution in [0.5, 0.6) is 0 Å². The minimum atomic E-state index is 0.893. The minimum Gasteiger partial charge on any atom is -0.455 e. The molecular weight excluding hydrogens is 861 g/mol. The van der Waals surface area contributed by atoms with Gasteiger partial charge in [-0.25, -0.2) is 0 Å². The maximum absolute atomic E-state index is 6.61. The highest BCUT2D eigenvalue weighted by molar-refractivity contribution is 6.12. The van der Waals surface area contributed by atoms with Gasteiger partial charge in [0.15, 0.2) is 0 Å². The summed E-state index contributed by atoms with van der Waals surface area (Å²) in [4.78, 5) is 2.42. The summed E-state index contributed by atoms with van der Waals surface area (Å²) >= 11 is 0. The highest BCUT2D eigenvalue weighted by atomic mass is 16.3. The molecule has 0 fully saturated rings. The fourth-order valence-electron chi connectivity index (χ4n) is 11.2. The van der Waals surface area contributed by atoms with Gasteiger partial charge < -0.3 is 13.9 Å².